The number of amides is 1. The summed E-state index contributed by atoms with van der Waals surface area (Å²) in [6, 6.07) is 3.73. The fourth-order valence-corrected chi connectivity index (χ4v) is 3.96. The molecule has 0 spiro atoms. The van der Waals surface area contributed by atoms with Gasteiger partial charge in [-0.1, -0.05) is 5.21 Å². The highest BCUT2D eigenvalue weighted by Gasteiger charge is 2.53. The van der Waals surface area contributed by atoms with Crippen LogP contribution in [0.15, 0.2) is 30.7 Å². The molecule has 1 aliphatic rings. The zero-order valence-electron chi connectivity index (χ0n) is 22.0. The maximum Gasteiger partial charge on any atom is 0.303 e. The Balaban J connectivity index is 1.81. The lowest BCUT2D eigenvalue weighted by atomic mass is 9.97. The van der Waals surface area contributed by atoms with Gasteiger partial charge in [-0.25, -0.2) is 4.68 Å². The molecule has 39 heavy (non-hydrogen) atoms. The van der Waals surface area contributed by atoms with Crippen LogP contribution in [0, 0.1) is 0 Å². The number of carbonyl (C=O) groups is 5. The zero-order valence-corrected chi connectivity index (χ0v) is 22.0. The number of nitrogens with one attached hydrogen (secondary N) is 1. The Bertz CT molecular complexity index is 1160. The molecule has 2 aromatic heterocycles. The molecule has 15 heteroatoms. The summed E-state index contributed by atoms with van der Waals surface area (Å²) in [6.07, 6.45) is -0.884. The number of rotatable bonds is 11. The van der Waals surface area contributed by atoms with Crippen molar-refractivity contribution in [3.8, 4) is 0 Å². The van der Waals surface area contributed by atoms with Gasteiger partial charge in [0, 0.05) is 53.1 Å². The fraction of sp³-hybridized carbons (Fsp3) is 0.542. The highest BCUT2D eigenvalue weighted by Crippen LogP contribution is 2.34. The van der Waals surface area contributed by atoms with E-state index in [1.165, 1.54) is 17.8 Å². The van der Waals surface area contributed by atoms with Gasteiger partial charge in [-0.3, -0.25) is 24.0 Å². The second-order valence-electron chi connectivity index (χ2n) is 8.73. The van der Waals surface area contributed by atoms with Gasteiger partial charge in [-0.15, -0.1) is 5.10 Å². The standard InChI is InChI=1S/C24H31N5O10/c1-14(30)35-13-19-21(36-15(2)31)22(37-16(3)32)23(38-17(4)33)24(39-19)29-12-18(26-27-29)11-25-20(34)7-10-28-8-5-6-9-28/h5-6,8-9,12,19,21-24H,7,10-11,13H2,1-4H3,(H,25,34)/t19-,21+,22+,23-,24-/m1/s1. The van der Waals surface area contributed by atoms with Gasteiger partial charge in [0.1, 0.15) is 18.4 Å². The maximum atomic E-state index is 12.2. The van der Waals surface area contributed by atoms with E-state index in [2.05, 4.69) is 15.6 Å². The predicted octanol–water partition coefficient (Wildman–Crippen LogP) is 0.0417. The minimum atomic E-state index is -1.34. The van der Waals surface area contributed by atoms with Gasteiger partial charge < -0.3 is 33.6 Å². The number of hydrogen-bond donors (Lipinski definition) is 1. The molecule has 212 valence electrons. The molecule has 1 amide bonds. The van der Waals surface area contributed by atoms with E-state index in [0.717, 1.165) is 20.8 Å². The second-order valence-corrected chi connectivity index (χ2v) is 8.73. The summed E-state index contributed by atoms with van der Waals surface area (Å²) in [5.74, 6) is -3.04. The number of aryl methyl sites for hydroxylation is 1. The average Bonchev–Trinajstić information content (AvgIpc) is 3.54. The summed E-state index contributed by atoms with van der Waals surface area (Å²) in [7, 11) is 0. The SMILES string of the molecule is CC(=O)OC[C@H]1O[C@@H](n2cc(CNC(=O)CCn3cccc3)nn2)[C@H](OC(C)=O)[C@@H](OC(C)=O)[C@H]1OC(C)=O. The van der Waals surface area contributed by atoms with Crippen molar-refractivity contribution >= 4 is 29.8 Å². The van der Waals surface area contributed by atoms with Crippen molar-refractivity contribution in [2.45, 2.75) is 77.8 Å². The molecule has 3 heterocycles. The van der Waals surface area contributed by atoms with Crippen molar-refractivity contribution in [1.29, 1.82) is 0 Å². The Labute approximate surface area is 223 Å². The highest BCUT2D eigenvalue weighted by molar-refractivity contribution is 5.75. The highest BCUT2D eigenvalue weighted by atomic mass is 16.7. The number of aromatic nitrogens is 4. The van der Waals surface area contributed by atoms with Crippen molar-refractivity contribution < 1.29 is 47.7 Å². The van der Waals surface area contributed by atoms with Crippen LogP contribution in [-0.2, 0) is 60.7 Å². The molecule has 0 aliphatic carbocycles. The molecule has 1 aliphatic heterocycles. The first-order valence-corrected chi connectivity index (χ1v) is 12.1. The van der Waals surface area contributed by atoms with Gasteiger partial charge in [0.05, 0.1) is 12.7 Å². The van der Waals surface area contributed by atoms with E-state index in [-0.39, 0.29) is 25.5 Å². The van der Waals surface area contributed by atoms with Crippen LogP contribution in [0.5, 0.6) is 0 Å². The van der Waals surface area contributed by atoms with Gasteiger partial charge in [0.15, 0.2) is 24.5 Å². The molecule has 15 nitrogen and oxygen atoms in total. The van der Waals surface area contributed by atoms with Crippen LogP contribution in [0.2, 0.25) is 0 Å². The van der Waals surface area contributed by atoms with E-state index in [4.69, 9.17) is 23.7 Å². The third-order valence-electron chi connectivity index (χ3n) is 5.51. The number of nitrogens with zero attached hydrogens (tertiary/aromatic N) is 4. The van der Waals surface area contributed by atoms with Crippen LogP contribution in [-0.4, -0.2) is 80.4 Å². The summed E-state index contributed by atoms with van der Waals surface area (Å²) < 4.78 is 30.4. The van der Waals surface area contributed by atoms with Crippen LogP contribution < -0.4 is 5.32 Å². The Morgan fingerprint density at radius 2 is 1.51 bits per heavy atom. The Kier molecular flexibility index (Phi) is 10.1. The number of hydrogen-bond acceptors (Lipinski definition) is 12. The molecular weight excluding hydrogens is 518 g/mol. The van der Waals surface area contributed by atoms with Crippen molar-refractivity contribution in [2.24, 2.45) is 0 Å². The molecule has 1 saturated heterocycles. The second kappa shape index (κ2) is 13.5. The molecule has 0 bridgehead atoms. The number of ether oxygens (including phenoxy) is 5. The van der Waals surface area contributed by atoms with Crippen LogP contribution in [0.3, 0.4) is 0 Å². The summed E-state index contributed by atoms with van der Waals surface area (Å²) in [5.41, 5.74) is 0.358. The number of esters is 4. The molecule has 1 N–H and O–H groups in total. The quantitative estimate of drug-likeness (QED) is 0.294. The number of carbonyl (C=O) groups excluding carboxylic acids is 5. The summed E-state index contributed by atoms with van der Waals surface area (Å²) in [6.45, 7) is 4.79. The smallest absolute Gasteiger partial charge is 0.303 e. The summed E-state index contributed by atoms with van der Waals surface area (Å²) >= 11 is 0. The summed E-state index contributed by atoms with van der Waals surface area (Å²) in [5, 5.41) is 10.8. The molecule has 2 aromatic rings. The van der Waals surface area contributed by atoms with Crippen LogP contribution in [0.4, 0.5) is 0 Å². The van der Waals surface area contributed by atoms with Crippen LogP contribution >= 0.6 is 0 Å². The third kappa shape index (κ3) is 8.63. The fourth-order valence-electron chi connectivity index (χ4n) is 3.96. The van der Waals surface area contributed by atoms with Gasteiger partial charge in [-0.05, 0) is 12.1 Å². The van der Waals surface area contributed by atoms with Crippen molar-refractivity contribution in [3.05, 3.63) is 36.4 Å². The van der Waals surface area contributed by atoms with E-state index in [9.17, 15) is 24.0 Å². The molecule has 0 radical (unpaired) electrons. The largest absolute Gasteiger partial charge is 0.463 e. The minimum Gasteiger partial charge on any atom is -0.463 e. The van der Waals surface area contributed by atoms with Crippen molar-refractivity contribution in [1.82, 2.24) is 24.9 Å². The van der Waals surface area contributed by atoms with Crippen molar-refractivity contribution in [2.75, 3.05) is 6.61 Å². The monoisotopic (exact) mass is 549 g/mol. The average molecular weight is 550 g/mol. The Morgan fingerprint density at radius 3 is 2.13 bits per heavy atom. The van der Waals surface area contributed by atoms with E-state index in [1.807, 2.05) is 29.1 Å². The van der Waals surface area contributed by atoms with Gasteiger partial charge in [-0.2, -0.15) is 0 Å². The van der Waals surface area contributed by atoms with Crippen LogP contribution in [0.1, 0.15) is 46.0 Å². The van der Waals surface area contributed by atoms with Crippen molar-refractivity contribution in [3.63, 3.8) is 0 Å². The lowest BCUT2D eigenvalue weighted by Crippen LogP contribution is -2.60. The molecule has 3 rings (SSSR count). The topological polar surface area (TPSA) is 179 Å². The Hall–Kier alpha value is -4.27. The van der Waals surface area contributed by atoms with E-state index < -0.39 is 54.5 Å². The first-order chi connectivity index (χ1) is 18.5. The first-order valence-electron chi connectivity index (χ1n) is 12.1. The maximum absolute atomic E-state index is 12.2. The van der Waals surface area contributed by atoms with Gasteiger partial charge >= 0.3 is 23.9 Å². The molecule has 0 aromatic carbocycles. The molecular formula is C24H31N5O10. The van der Waals surface area contributed by atoms with Gasteiger partial charge in [0.25, 0.3) is 0 Å². The predicted molar refractivity (Wildman–Crippen MR) is 128 cm³/mol. The lowest BCUT2D eigenvalue weighted by Gasteiger charge is -2.44. The summed E-state index contributed by atoms with van der Waals surface area (Å²) in [4.78, 5) is 59.5. The van der Waals surface area contributed by atoms with E-state index in [0.29, 0.717) is 12.2 Å². The molecule has 0 unspecified atom stereocenters. The zero-order chi connectivity index (χ0) is 28.5. The molecule has 5 atom stereocenters. The van der Waals surface area contributed by atoms with Crippen LogP contribution in [0.25, 0.3) is 0 Å². The molecule has 0 saturated carbocycles. The molecule has 1 fully saturated rings. The first kappa shape index (κ1) is 29.3. The lowest BCUT2D eigenvalue weighted by molar-refractivity contribution is -0.270. The third-order valence-corrected chi connectivity index (χ3v) is 5.51. The van der Waals surface area contributed by atoms with Gasteiger partial charge in [0.2, 0.25) is 5.91 Å². The van der Waals surface area contributed by atoms with E-state index in [1.54, 1.807) is 0 Å². The Morgan fingerprint density at radius 1 is 0.897 bits per heavy atom. The van der Waals surface area contributed by atoms with E-state index >= 15 is 0 Å². The normalized spacial score (nSPS) is 22.4. The minimum absolute atomic E-state index is 0.0514.